The van der Waals surface area contributed by atoms with Gasteiger partial charge in [-0.15, -0.1) is 0 Å². The molecule has 0 saturated heterocycles. The van der Waals surface area contributed by atoms with Crippen molar-refractivity contribution in [3.05, 3.63) is 124 Å². The van der Waals surface area contributed by atoms with Crippen LogP contribution in [0.1, 0.15) is 18.1 Å². The zero-order chi connectivity index (χ0) is 30.0. The number of hydrazone groups is 1. The number of nitrogens with zero attached hydrogens (tertiary/aromatic N) is 3. The summed E-state index contributed by atoms with van der Waals surface area (Å²) in [6, 6.07) is 27.5. The van der Waals surface area contributed by atoms with E-state index in [9.17, 15) is 23.3 Å². The number of benzene rings is 4. The number of hydrogen-bond donors (Lipinski definition) is 1. The van der Waals surface area contributed by atoms with Gasteiger partial charge < -0.3 is 9.47 Å². The number of carbonyl (C=O) groups excluding carboxylic acids is 1. The Labute approximate surface area is 243 Å². The molecule has 0 aliphatic carbocycles. The number of nitrogens with one attached hydrogen (secondary N) is 1. The first kappa shape index (κ1) is 29.7. The van der Waals surface area contributed by atoms with Crippen LogP contribution in [0.5, 0.6) is 11.5 Å². The lowest BCUT2D eigenvalue weighted by molar-refractivity contribution is -0.384. The van der Waals surface area contributed by atoms with E-state index < -0.39 is 33.1 Å². The summed E-state index contributed by atoms with van der Waals surface area (Å²) in [6.07, 6.45) is 1.36. The van der Waals surface area contributed by atoms with Gasteiger partial charge in [0.05, 0.1) is 22.6 Å². The summed E-state index contributed by atoms with van der Waals surface area (Å²) in [5, 5.41) is 15.6. The highest BCUT2D eigenvalue weighted by Gasteiger charge is 2.31. The molecule has 4 aromatic carbocycles. The van der Waals surface area contributed by atoms with Gasteiger partial charge >= 0.3 is 0 Å². The summed E-state index contributed by atoms with van der Waals surface area (Å²) in [5.74, 6) is 0.213. The molecule has 0 aliphatic heterocycles. The van der Waals surface area contributed by atoms with Crippen LogP contribution >= 0.6 is 0 Å². The largest absolute Gasteiger partial charge is 0.490 e. The van der Waals surface area contributed by atoms with E-state index in [1.54, 1.807) is 24.3 Å². The van der Waals surface area contributed by atoms with Gasteiger partial charge in [-0.05, 0) is 54.4 Å². The molecule has 0 aromatic heterocycles. The zero-order valence-corrected chi connectivity index (χ0v) is 23.4. The topological polar surface area (TPSA) is 140 Å². The lowest BCUT2D eigenvalue weighted by atomic mass is 10.2. The van der Waals surface area contributed by atoms with E-state index in [1.165, 1.54) is 54.7 Å². The normalized spacial score (nSPS) is 11.2. The molecule has 0 spiro atoms. The van der Waals surface area contributed by atoms with Gasteiger partial charge in [-0.25, -0.2) is 18.1 Å². The molecule has 0 radical (unpaired) electrons. The molecule has 12 heteroatoms. The molecule has 0 fully saturated rings. The SMILES string of the molecule is CCOc1cc(/C=N\NC(=O)CN(c2ccccc2[N+](=O)[O-])S(=O)(=O)c2ccccc2)ccc1OCc1ccccc1. The van der Waals surface area contributed by atoms with E-state index in [1.807, 2.05) is 37.3 Å². The molecular formula is C30H28N4O7S. The smallest absolute Gasteiger partial charge is 0.293 e. The Kier molecular flexibility index (Phi) is 9.85. The van der Waals surface area contributed by atoms with Crippen molar-refractivity contribution >= 4 is 33.5 Å². The minimum absolute atomic E-state index is 0.127. The Bertz CT molecular complexity index is 1660. The highest BCUT2D eigenvalue weighted by molar-refractivity contribution is 7.92. The van der Waals surface area contributed by atoms with E-state index in [4.69, 9.17) is 9.47 Å². The van der Waals surface area contributed by atoms with Gasteiger partial charge in [-0.1, -0.05) is 60.7 Å². The third-order valence-electron chi connectivity index (χ3n) is 5.87. The Morgan fingerprint density at radius 2 is 1.60 bits per heavy atom. The van der Waals surface area contributed by atoms with E-state index in [0.29, 0.717) is 34.6 Å². The molecule has 0 saturated carbocycles. The molecule has 0 bridgehead atoms. The first-order valence-corrected chi connectivity index (χ1v) is 14.3. The summed E-state index contributed by atoms with van der Waals surface area (Å²) in [6.45, 7) is 1.84. The van der Waals surface area contributed by atoms with Crippen molar-refractivity contribution in [1.29, 1.82) is 0 Å². The Morgan fingerprint density at radius 1 is 0.929 bits per heavy atom. The van der Waals surface area contributed by atoms with Crippen LogP contribution in [-0.4, -0.2) is 38.6 Å². The molecule has 0 atom stereocenters. The monoisotopic (exact) mass is 588 g/mol. The fraction of sp³-hybridized carbons (Fsp3) is 0.133. The number of para-hydroxylation sites is 2. The fourth-order valence-electron chi connectivity index (χ4n) is 3.92. The fourth-order valence-corrected chi connectivity index (χ4v) is 5.38. The molecule has 42 heavy (non-hydrogen) atoms. The molecule has 4 rings (SSSR count). The van der Waals surface area contributed by atoms with Gasteiger partial charge in [0, 0.05) is 6.07 Å². The van der Waals surface area contributed by atoms with Crippen LogP contribution in [0, 0.1) is 10.1 Å². The zero-order valence-electron chi connectivity index (χ0n) is 22.6. The molecule has 0 unspecified atom stereocenters. The first-order chi connectivity index (χ1) is 20.3. The maximum Gasteiger partial charge on any atom is 0.293 e. The van der Waals surface area contributed by atoms with Crippen LogP contribution in [0.4, 0.5) is 11.4 Å². The maximum atomic E-state index is 13.5. The standard InChI is InChI=1S/C30H28N4O7S/c1-2-40-29-19-24(17-18-28(29)41-22-23-11-5-3-6-12-23)20-31-32-30(35)21-33(26-15-9-10-16-27(26)34(36)37)42(38,39)25-13-7-4-8-14-25/h3-20H,2,21-22H2,1H3,(H,32,35)/b31-20-. The number of hydrogen-bond acceptors (Lipinski definition) is 8. The van der Waals surface area contributed by atoms with Crippen molar-refractivity contribution in [2.45, 2.75) is 18.4 Å². The summed E-state index contributed by atoms with van der Waals surface area (Å²) in [4.78, 5) is 23.7. The van der Waals surface area contributed by atoms with Crippen molar-refractivity contribution in [2.75, 3.05) is 17.5 Å². The molecule has 0 heterocycles. The third-order valence-corrected chi connectivity index (χ3v) is 7.65. The molecule has 11 nitrogen and oxygen atoms in total. The Balaban J connectivity index is 1.51. The molecule has 1 amide bonds. The quantitative estimate of drug-likeness (QED) is 0.133. The number of nitro groups is 1. The average molecular weight is 589 g/mol. The summed E-state index contributed by atoms with van der Waals surface area (Å²) < 4.78 is 39.2. The highest BCUT2D eigenvalue weighted by Crippen LogP contribution is 2.32. The number of ether oxygens (including phenoxy) is 2. The first-order valence-electron chi connectivity index (χ1n) is 12.9. The van der Waals surface area contributed by atoms with Crippen LogP contribution in [0.3, 0.4) is 0 Å². The van der Waals surface area contributed by atoms with Gasteiger partial charge in [0.25, 0.3) is 21.6 Å². The number of amides is 1. The second-order valence-corrected chi connectivity index (χ2v) is 10.6. The van der Waals surface area contributed by atoms with Gasteiger partial charge in [0.15, 0.2) is 11.5 Å². The number of rotatable bonds is 13. The van der Waals surface area contributed by atoms with E-state index in [0.717, 1.165) is 5.56 Å². The second-order valence-electron chi connectivity index (χ2n) is 8.78. The predicted molar refractivity (Wildman–Crippen MR) is 158 cm³/mol. The van der Waals surface area contributed by atoms with Gasteiger partial charge in [-0.3, -0.25) is 14.9 Å². The van der Waals surface area contributed by atoms with Crippen LogP contribution < -0.4 is 19.2 Å². The minimum Gasteiger partial charge on any atom is -0.490 e. The number of carbonyl (C=O) groups is 1. The van der Waals surface area contributed by atoms with E-state index >= 15 is 0 Å². The second kappa shape index (κ2) is 13.9. The minimum atomic E-state index is -4.34. The molecule has 4 aromatic rings. The average Bonchev–Trinajstić information content (AvgIpc) is 3.00. The van der Waals surface area contributed by atoms with E-state index in [2.05, 4.69) is 10.5 Å². The van der Waals surface area contributed by atoms with Crippen LogP contribution in [0.15, 0.2) is 113 Å². The van der Waals surface area contributed by atoms with Crippen LogP contribution in [0.25, 0.3) is 0 Å². The van der Waals surface area contributed by atoms with Crippen molar-refractivity contribution < 1.29 is 27.6 Å². The number of nitro benzene ring substituents is 1. The van der Waals surface area contributed by atoms with Crippen molar-refractivity contribution in [3.63, 3.8) is 0 Å². The number of sulfonamides is 1. The summed E-state index contributed by atoms with van der Waals surface area (Å²) >= 11 is 0. The van der Waals surface area contributed by atoms with Crippen molar-refractivity contribution in [2.24, 2.45) is 5.10 Å². The maximum absolute atomic E-state index is 13.5. The van der Waals surface area contributed by atoms with Crippen LogP contribution in [-0.2, 0) is 21.4 Å². The van der Waals surface area contributed by atoms with Crippen LogP contribution in [0.2, 0.25) is 0 Å². The van der Waals surface area contributed by atoms with Gasteiger partial charge in [-0.2, -0.15) is 5.10 Å². The van der Waals surface area contributed by atoms with Gasteiger partial charge in [0.1, 0.15) is 18.8 Å². The molecule has 0 aliphatic rings. The van der Waals surface area contributed by atoms with Crippen molar-refractivity contribution in [3.8, 4) is 11.5 Å². The predicted octanol–water partition coefficient (Wildman–Crippen LogP) is 4.92. The Morgan fingerprint density at radius 3 is 2.29 bits per heavy atom. The molecule has 1 N–H and O–H groups in total. The lowest BCUT2D eigenvalue weighted by Crippen LogP contribution is -2.39. The molecule has 216 valence electrons. The lowest BCUT2D eigenvalue weighted by Gasteiger charge is -2.23. The third kappa shape index (κ3) is 7.49. The van der Waals surface area contributed by atoms with E-state index in [-0.39, 0.29) is 10.6 Å². The van der Waals surface area contributed by atoms with Crippen molar-refractivity contribution in [1.82, 2.24) is 5.43 Å². The number of anilines is 1. The van der Waals surface area contributed by atoms with Gasteiger partial charge in [0.2, 0.25) is 0 Å². The highest BCUT2D eigenvalue weighted by atomic mass is 32.2. The molecular weight excluding hydrogens is 560 g/mol. The Hall–Kier alpha value is -5.23. The summed E-state index contributed by atoms with van der Waals surface area (Å²) in [7, 11) is -4.34. The summed E-state index contributed by atoms with van der Waals surface area (Å²) in [5.41, 5.74) is 3.16.